The second kappa shape index (κ2) is 69.6. The van der Waals surface area contributed by atoms with Crippen LogP contribution in [0.25, 0.3) is 0 Å². The number of rotatable bonds is 9. The van der Waals surface area contributed by atoms with Gasteiger partial charge in [-0.2, -0.15) is 0 Å². The maximum absolute atomic E-state index is 2.25. The quantitative estimate of drug-likeness (QED) is 0.219. The largest absolute Gasteiger partial charge is 0.310 e. The standard InChI is InChI=1S/C6H14.3C6H12.C5H13N.C5H12.C5H10.C4H11N.C4H10.CH4/c3*1-4-5-6(2)3;1-4-6(3)5-2;1-4-5-6(2)3;3*1-4-5(2)3;1-4(2)3;/h6H,4-5H2,1-3H3;5H,4H2,1-3H3;4-6H,1-3H3;4H,5H2,1-3H3;4-5H2,1-3H3;5H,4H2,1-3H3;4H,1-3H3;4H2,1-3H3;4H,1-3H3;1H4/b;;5-4-;6-4-;;;;;;. The smallest absolute Gasteiger partial charge is 0.00275 e. The maximum atomic E-state index is 2.25. The van der Waals surface area contributed by atoms with E-state index in [0.717, 1.165) is 30.2 Å². The molecule has 0 atom stereocenters. The van der Waals surface area contributed by atoms with E-state index in [1.54, 1.807) is 0 Å². The van der Waals surface area contributed by atoms with Gasteiger partial charge >= 0.3 is 0 Å². The molecule has 0 aromatic heterocycles. The molecule has 0 spiro atoms. The summed E-state index contributed by atoms with van der Waals surface area (Å²) in [7, 11) is 8.28. The lowest BCUT2D eigenvalue weighted by Gasteiger charge is -2.03. The van der Waals surface area contributed by atoms with Crippen molar-refractivity contribution in [3.63, 3.8) is 0 Å². The van der Waals surface area contributed by atoms with Crippen molar-refractivity contribution in [1.82, 2.24) is 9.80 Å². The fourth-order valence-electron chi connectivity index (χ4n) is 2.02. The fraction of sp³-hybridized carbons (Fsp3) is 0.833. The number of allylic oxidation sites excluding steroid dienone is 8. The van der Waals surface area contributed by atoms with E-state index in [9.17, 15) is 0 Å². The molecule has 50 heavy (non-hydrogen) atoms. The molecule has 0 radical (unpaired) electrons. The first-order valence-electron chi connectivity index (χ1n) is 20.2. The third kappa shape index (κ3) is 226. The molecule has 0 unspecified atom stereocenters. The Hall–Kier alpha value is -1.12. The summed E-state index contributed by atoms with van der Waals surface area (Å²) < 4.78 is 0. The number of hydrogen-bond acceptors (Lipinski definition) is 2. The molecule has 0 rings (SSSR count). The summed E-state index contributed by atoms with van der Waals surface area (Å²) in [5.74, 6) is 3.33. The molecule has 0 saturated carbocycles. The second-order valence-electron chi connectivity index (χ2n) is 15.2. The predicted octanol–water partition coefficient (Wildman–Crippen LogP) is 17.2. The molecule has 0 bridgehead atoms. The molecule has 0 fully saturated rings. The van der Waals surface area contributed by atoms with Crippen molar-refractivity contribution in [3.8, 4) is 0 Å². The third-order valence-corrected chi connectivity index (χ3v) is 5.80. The van der Waals surface area contributed by atoms with Gasteiger partial charge in [-0.1, -0.05) is 178 Å². The Morgan fingerprint density at radius 2 is 0.940 bits per heavy atom. The van der Waals surface area contributed by atoms with Crippen LogP contribution in [0.4, 0.5) is 0 Å². The van der Waals surface area contributed by atoms with Gasteiger partial charge in [0.15, 0.2) is 0 Å². The maximum Gasteiger partial charge on any atom is -0.00275 e. The molecule has 0 aromatic carbocycles. The zero-order chi connectivity index (χ0) is 41.4. The Balaban J connectivity index is -0.0000000450. The van der Waals surface area contributed by atoms with E-state index in [0.29, 0.717) is 0 Å². The number of nitrogens with zero attached hydrogens (tertiary/aromatic N) is 2. The van der Waals surface area contributed by atoms with Crippen molar-refractivity contribution in [2.24, 2.45) is 23.7 Å². The minimum Gasteiger partial charge on any atom is -0.310 e. The summed E-state index contributed by atoms with van der Waals surface area (Å²) in [6.45, 7) is 51.8. The van der Waals surface area contributed by atoms with Crippen molar-refractivity contribution in [2.45, 2.75) is 205 Å². The average molecular weight is 715 g/mol. The number of hydrogen-bond donors (Lipinski definition) is 0. The highest BCUT2D eigenvalue weighted by Gasteiger charge is 1.85. The van der Waals surface area contributed by atoms with Crippen molar-refractivity contribution in [3.05, 3.63) is 47.1 Å². The Labute approximate surface area is 326 Å². The van der Waals surface area contributed by atoms with Gasteiger partial charge in [0.1, 0.15) is 0 Å². The molecule has 0 heterocycles. The van der Waals surface area contributed by atoms with Crippen LogP contribution in [0.5, 0.6) is 0 Å². The molecule has 312 valence electrons. The first kappa shape index (κ1) is 74.1. The highest BCUT2D eigenvalue weighted by Crippen LogP contribution is 2.00. The van der Waals surface area contributed by atoms with Crippen LogP contribution in [0, 0.1) is 23.7 Å². The van der Waals surface area contributed by atoms with Gasteiger partial charge in [-0.15, -0.1) is 0 Å². The second-order valence-corrected chi connectivity index (χ2v) is 15.2. The molecule has 0 aliphatic rings. The minimum absolute atomic E-state index is 0. The Bertz CT molecular complexity index is 585. The summed E-state index contributed by atoms with van der Waals surface area (Å²) >= 11 is 0. The van der Waals surface area contributed by atoms with Crippen molar-refractivity contribution >= 4 is 0 Å². The molecule has 0 aromatic rings. The van der Waals surface area contributed by atoms with Gasteiger partial charge in [-0.05, 0) is 140 Å². The molecule has 0 aliphatic carbocycles. The SMILES string of the molecule is C.C/C=C(/C)CC.C/C=C\C(C)C.CC(C)C.CC=C(C)C.CCC(C)C.CCC=C(C)C.CCCC(C)C.CCCN(C)C.CCN(C)C. The Kier molecular flexibility index (Phi) is 103. The lowest BCUT2D eigenvalue weighted by molar-refractivity contribution is 0.408. The van der Waals surface area contributed by atoms with Crippen molar-refractivity contribution < 1.29 is 0 Å². The van der Waals surface area contributed by atoms with Gasteiger partial charge in [0.25, 0.3) is 0 Å². The molecular weight excluding hydrogens is 605 g/mol. The monoisotopic (exact) mass is 715 g/mol. The lowest BCUT2D eigenvalue weighted by Crippen LogP contribution is -2.11. The van der Waals surface area contributed by atoms with Gasteiger partial charge in [0.2, 0.25) is 0 Å². The predicted molar refractivity (Wildman–Crippen MR) is 249 cm³/mol. The summed E-state index contributed by atoms with van der Waals surface area (Å²) in [5, 5.41) is 0. The van der Waals surface area contributed by atoms with Gasteiger partial charge in [0.05, 0.1) is 0 Å². The van der Waals surface area contributed by atoms with Crippen molar-refractivity contribution in [2.75, 3.05) is 41.3 Å². The van der Waals surface area contributed by atoms with Crippen molar-refractivity contribution in [1.29, 1.82) is 0 Å². The van der Waals surface area contributed by atoms with Gasteiger partial charge in [-0.3, -0.25) is 0 Å². The van der Waals surface area contributed by atoms with Crippen LogP contribution in [0.15, 0.2) is 47.1 Å². The molecule has 0 N–H and O–H groups in total. The van der Waals surface area contributed by atoms with E-state index >= 15 is 0 Å². The zero-order valence-electron chi connectivity index (χ0n) is 40.2. The van der Waals surface area contributed by atoms with E-state index in [2.05, 4.69) is 214 Å². The van der Waals surface area contributed by atoms with E-state index in [4.69, 9.17) is 0 Å². The van der Waals surface area contributed by atoms with Crippen LogP contribution >= 0.6 is 0 Å². The molecular formula is C48H110N2. The molecule has 2 heteroatoms. The van der Waals surface area contributed by atoms with Gasteiger partial charge in [-0.25, -0.2) is 0 Å². The summed E-state index contributed by atoms with van der Waals surface area (Å²) in [6, 6.07) is 0. The van der Waals surface area contributed by atoms with Gasteiger partial charge < -0.3 is 9.80 Å². The van der Waals surface area contributed by atoms with Gasteiger partial charge in [0, 0.05) is 0 Å². The average Bonchev–Trinajstić information content (AvgIpc) is 2.98. The molecule has 0 saturated heterocycles. The van der Waals surface area contributed by atoms with Crippen LogP contribution < -0.4 is 0 Å². The normalized spacial score (nSPS) is 9.50. The van der Waals surface area contributed by atoms with Crippen LogP contribution in [0.3, 0.4) is 0 Å². The zero-order valence-corrected chi connectivity index (χ0v) is 40.2. The van der Waals surface area contributed by atoms with Crippen LogP contribution in [0.2, 0.25) is 0 Å². The topological polar surface area (TPSA) is 6.48 Å². The molecule has 0 amide bonds. The molecule has 0 aliphatic heterocycles. The highest BCUT2D eigenvalue weighted by atomic mass is 15.0. The third-order valence-electron chi connectivity index (χ3n) is 5.80. The lowest BCUT2D eigenvalue weighted by atomic mass is 10.1. The summed E-state index contributed by atoms with van der Waals surface area (Å²) in [6.07, 6.45) is 18.3. The van der Waals surface area contributed by atoms with E-state index in [-0.39, 0.29) is 7.43 Å². The van der Waals surface area contributed by atoms with Crippen LogP contribution in [-0.4, -0.2) is 51.1 Å². The Morgan fingerprint density at radius 3 is 0.940 bits per heavy atom. The highest BCUT2D eigenvalue weighted by molar-refractivity contribution is 4.93. The van der Waals surface area contributed by atoms with E-state index < -0.39 is 0 Å². The minimum atomic E-state index is 0. The van der Waals surface area contributed by atoms with E-state index in [1.807, 2.05) is 13.8 Å². The van der Waals surface area contributed by atoms with Crippen LogP contribution in [0.1, 0.15) is 205 Å². The first-order valence-corrected chi connectivity index (χ1v) is 20.2. The summed E-state index contributed by atoms with van der Waals surface area (Å²) in [5.41, 5.74) is 4.26. The van der Waals surface area contributed by atoms with E-state index in [1.165, 1.54) is 61.8 Å². The molecule has 2 nitrogen and oxygen atoms in total. The first-order chi connectivity index (χ1) is 22.4. The fourth-order valence-corrected chi connectivity index (χ4v) is 2.02. The Morgan fingerprint density at radius 1 is 0.580 bits per heavy atom. The van der Waals surface area contributed by atoms with Crippen LogP contribution in [-0.2, 0) is 0 Å². The summed E-state index contributed by atoms with van der Waals surface area (Å²) in [4.78, 5) is 4.31.